The van der Waals surface area contributed by atoms with Gasteiger partial charge in [-0.1, -0.05) is 35.9 Å². The molecule has 0 radical (unpaired) electrons. The summed E-state index contributed by atoms with van der Waals surface area (Å²) in [6.45, 7) is 0.285. The van der Waals surface area contributed by atoms with E-state index < -0.39 is 11.9 Å². The van der Waals surface area contributed by atoms with Crippen LogP contribution in [-0.2, 0) is 6.61 Å². The van der Waals surface area contributed by atoms with E-state index in [-0.39, 0.29) is 6.61 Å². The van der Waals surface area contributed by atoms with Crippen LogP contribution in [0.3, 0.4) is 0 Å². The van der Waals surface area contributed by atoms with Crippen LogP contribution in [0.25, 0.3) is 0 Å². The van der Waals surface area contributed by atoms with Gasteiger partial charge < -0.3 is 18.9 Å². The molecule has 0 aliphatic carbocycles. The number of carbonyl (C=O) groups excluding carboxylic acids is 2. The van der Waals surface area contributed by atoms with Crippen LogP contribution in [0.15, 0.2) is 96.1 Å². The van der Waals surface area contributed by atoms with Crippen molar-refractivity contribution >= 4 is 29.7 Å². The number of amides is 1. The number of para-hydroxylation sites is 1. The monoisotopic (exact) mass is 544 g/mol. The Morgan fingerprint density at radius 3 is 2.28 bits per heavy atom. The number of hydrazone groups is 1. The Morgan fingerprint density at radius 1 is 0.846 bits per heavy atom. The molecule has 8 nitrogen and oxygen atoms in total. The van der Waals surface area contributed by atoms with Gasteiger partial charge in [0.1, 0.15) is 18.1 Å². The van der Waals surface area contributed by atoms with Crippen LogP contribution in [0.5, 0.6) is 23.0 Å². The maximum Gasteiger partial charge on any atom is 0.343 e. The largest absolute Gasteiger partial charge is 0.493 e. The van der Waals surface area contributed by atoms with Crippen molar-refractivity contribution in [2.45, 2.75) is 6.61 Å². The molecule has 0 atom stereocenters. The molecule has 0 bridgehead atoms. The van der Waals surface area contributed by atoms with Gasteiger partial charge in [-0.25, -0.2) is 10.2 Å². The zero-order chi connectivity index (χ0) is 27.6. The van der Waals surface area contributed by atoms with Gasteiger partial charge in [0.2, 0.25) is 0 Å². The van der Waals surface area contributed by atoms with Gasteiger partial charge >= 0.3 is 5.97 Å². The molecule has 1 amide bonds. The van der Waals surface area contributed by atoms with Gasteiger partial charge in [-0.3, -0.25) is 4.79 Å². The number of hydrogen-bond acceptors (Lipinski definition) is 7. The number of hydrogen-bond donors (Lipinski definition) is 1. The van der Waals surface area contributed by atoms with E-state index in [0.29, 0.717) is 44.7 Å². The second kappa shape index (κ2) is 13.1. The Hall–Kier alpha value is -4.82. The molecule has 4 aromatic carbocycles. The van der Waals surface area contributed by atoms with E-state index in [1.54, 1.807) is 78.9 Å². The molecule has 9 heteroatoms. The highest BCUT2D eigenvalue weighted by Gasteiger charge is 2.14. The molecule has 0 fully saturated rings. The molecule has 0 saturated heterocycles. The van der Waals surface area contributed by atoms with E-state index in [2.05, 4.69) is 10.5 Å². The molecule has 0 saturated carbocycles. The van der Waals surface area contributed by atoms with Crippen LogP contribution in [0.4, 0.5) is 0 Å². The molecular weight excluding hydrogens is 520 g/mol. The van der Waals surface area contributed by atoms with Crippen LogP contribution in [0.1, 0.15) is 31.8 Å². The fourth-order valence-corrected chi connectivity index (χ4v) is 3.62. The van der Waals surface area contributed by atoms with Crippen LogP contribution in [-0.4, -0.2) is 32.3 Å². The summed E-state index contributed by atoms with van der Waals surface area (Å²) in [4.78, 5) is 25.2. The van der Waals surface area contributed by atoms with E-state index >= 15 is 0 Å². The lowest BCUT2D eigenvalue weighted by atomic mass is 10.2. The number of halogens is 1. The third-order valence-electron chi connectivity index (χ3n) is 5.53. The molecule has 0 heterocycles. The minimum atomic E-state index is -0.540. The number of carbonyl (C=O) groups is 2. The van der Waals surface area contributed by atoms with E-state index in [0.717, 1.165) is 5.56 Å². The van der Waals surface area contributed by atoms with Crippen molar-refractivity contribution in [3.05, 3.63) is 118 Å². The van der Waals surface area contributed by atoms with Gasteiger partial charge in [-0.2, -0.15) is 5.10 Å². The van der Waals surface area contributed by atoms with Crippen molar-refractivity contribution in [2.75, 3.05) is 14.2 Å². The van der Waals surface area contributed by atoms with E-state index in [9.17, 15) is 9.59 Å². The lowest BCUT2D eigenvalue weighted by Gasteiger charge is -2.10. The first-order valence-electron chi connectivity index (χ1n) is 11.8. The van der Waals surface area contributed by atoms with Crippen molar-refractivity contribution in [1.29, 1.82) is 0 Å². The fraction of sp³-hybridized carbons (Fsp3) is 0.100. The standard InChI is InChI=1S/C30H25ClN2O6/c1-36-27-16-11-22(17-28(27)37-2)30(35)39-24-14-9-20(10-15-24)18-32-33-29(34)25-5-3-4-6-26(25)38-19-21-7-12-23(31)13-8-21/h3-18H,19H2,1-2H3,(H,33,34)/b32-18-. The molecule has 0 aromatic heterocycles. The van der Waals surface area contributed by atoms with Crippen molar-refractivity contribution in [3.63, 3.8) is 0 Å². The Balaban J connectivity index is 1.33. The first-order valence-corrected chi connectivity index (χ1v) is 12.2. The first-order chi connectivity index (χ1) is 19.0. The Bertz CT molecular complexity index is 1470. The van der Waals surface area contributed by atoms with Crippen LogP contribution in [0, 0.1) is 0 Å². The molecule has 0 unspecified atom stereocenters. The smallest absolute Gasteiger partial charge is 0.343 e. The molecule has 0 aliphatic rings. The topological polar surface area (TPSA) is 95.5 Å². The summed E-state index contributed by atoms with van der Waals surface area (Å²) in [7, 11) is 3.01. The van der Waals surface area contributed by atoms with Gasteiger partial charge in [0.25, 0.3) is 5.91 Å². The number of ether oxygens (including phenoxy) is 4. The number of nitrogens with zero attached hydrogens (tertiary/aromatic N) is 1. The summed E-state index contributed by atoms with van der Waals surface area (Å²) in [5.41, 5.74) is 4.78. The zero-order valence-corrected chi connectivity index (χ0v) is 22.0. The Morgan fingerprint density at radius 2 is 1.56 bits per heavy atom. The SMILES string of the molecule is COc1ccc(C(=O)Oc2ccc(/C=N\NC(=O)c3ccccc3OCc3ccc(Cl)cc3)cc2)cc1OC. The van der Waals surface area contributed by atoms with Crippen molar-refractivity contribution in [2.24, 2.45) is 5.10 Å². The predicted molar refractivity (Wildman–Crippen MR) is 148 cm³/mol. The molecule has 0 spiro atoms. The van der Waals surface area contributed by atoms with Gasteiger partial charge in [-0.15, -0.1) is 0 Å². The summed E-state index contributed by atoms with van der Waals surface area (Å²) in [5, 5.41) is 4.67. The molecule has 1 N–H and O–H groups in total. The molecule has 4 rings (SSSR count). The van der Waals surface area contributed by atoms with Gasteiger partial charge in [0, 0.05) is 5.02 Å². The molecule has 4 aromatic rings. The average Bonchev–Trinajstić information content (AvgIpc) is 2.97. The highest BCUT2D eigenvalue weighted by molar-refractivity contribution is 6.30. The maximum atomic E-state index is 12.7. The number of benzene rings is 4. The third-order valence-corrected chi connectivity index (χ3v) is 5.78. The minimum absolute atomic E-state index is 0.285. The zero-order valence-electron chi connectivity index (χ0n) is 21.2. The lowest BCUT2D eigenvalue weighted by Crippen LogP contribution is -2.18. The maximum absolute atomic E-state index is 12.7. The first kappa shape index (κ1) is 27.2. The molecular formula is C30H25ClN2O6. The van der Waals surface area contributed by atoms with E-state index in [1.807, 2.05) is 12.1 Å². The molecule has 0 aliphatic heterocycles. The highest BCUT2D eigenvalue weighted by atomic mass is 35.5. The number of esters is 1. The van der Waals surface area contributed by atoms with Gasteiger partial charge in [0.15, 0.2) is 11.5 Å². The third kappa shape index (κ3) is 7.37. The van der Waals surface area contributed by atoms with Crippen molar-refractivity contribution in [1.82, 2.24) is 5.43 Å². The van der Waals surface area contributed by atoms with Gasteiger partial charge in [-0.05, 0) is 77.9 Å². The Kier molecular flexibility index (Phi) is 9.16. The van der Waals surface area contributed by atoms with Crippen LogP contribution >= 0.6 is 11.6 Å². The second-order valence-electron chi connectivity index (χ2n) is 8.14. The summed E-state index contributed by atoms with van der Waals surface area (Å²) >= 11 is 5.92. The number of nitrogens with one attached hydrogen (secondary N) is 1. The van der Waals surface area contributed by atoms with Crippen LogP contribution in [0.2, 0.25) is 5.02 Å². The number of rotatable bonds is 10. The Labute approximate surface area is 230 Å². The summed E-state index contributed by atoms with van der Waals surface area (Å²) in [6.07, 6.45) is 1.48. The van der Waals surface area contributed by atoms with Crippen molar-refractivity contribution in [3.8, 4) is 23.0 Å². The lowest BCUT2D eigenvalue weighted by molar-refractivity contribution is 0.0734. The summed E-state index contributed by atoms with van der Waals surface area (Å²) in [6, 6.07) is 25.6. The normalized spacial score (nSPS) is 10.6. The quantitative estimate of drug-likeness (QED) is 0.115. The van der Waals surface area contributed by atoms with E-state index in [4.69, 9.17) is 30.5 Å². The summed E-state index contributed by atoms with van der Waals surface area (Å²) in [5.74, 6) is 0.763. The summed E-state index contributed by atoms with van der Waals surface area (Å²) < 4.78 is 21.7. The molecule has 39 heavy (non-hydrogen) atoms. The second-order valence-corrected chi connectivity index (χ2v) is 8.58. The minimum Gasteiger partial charge on any atom is -0.493 e. The predicted octanol–water partition coefficient (Wildman–Crippen LogP) is 5.92. The molecule has 198 valence electrons. The average molecular weight is 545 g/mol. The highest BCUT2D eigenvalue weighted by Crippen LogP contribution is 2.28. The van der Waals surface area contributed by atoms with Crippen LogP contribution < -0.4 is 24.4 Å². The van der Waals surface area contributed by atoms with Crippen molar-refractivity contribution < 1.29 is 28.5 Å². The van der Waals surface area contributed by atoms with E-state index in [1.165, 1.54) is 20.4 Å². The fourth-order valence-electron chi connectivity index (χ4n) is 3.50. The number of methoxy groups -OCH3 is 2. The van der Waals surface area contributed by atoms with Gasteiger partial charge in [0.05, 0.1) is 31.6 Å².